The molecule has 6 heteroatoms. The molecule has 1 amide bonds. The summed E-state index contributed by atoms with van der Waals surface area (Å²) in [6.07, 6.45) is 2.42. The Morgan fingerprint density at radius 2 is 1.59 bits per heavy atom. The summed E-state index contributed by atoms with van der Waals surface area (Å²) < 4.78 is 4.98. The van der Waals surface area contributed by atoms with Crippen molar-refractivity contribution in [1.29, 1.82) is 0 Å². The van der Waals surface area contributed by atoms with Gasteiger partial charge in [0, 0.05) is 36.4 Å². The van der Waals surface area contributed by atoms with Crippen LogP contribution >= 0.6 is 0 Å². The van der Waals surface area contributed by atoms with Gasteiger partial charge in [-0.2, -0.15) is 0 Å². The SMILES string of the molecule is Cc1ccc(C(=O)CCC(=O)OCC(=O)Nc2ccc(N3CCCC3)cc2)cc1. The van der Waals surface area contributed by atoms with Crippen molar-refractivity contribution < 1.29 is 19.1 Å². The smallest absolute Gasteiger partial charge is 0.306 e. The lowest BCUT2D eigenvalue weighted by atomic mass is 10.1. The molecular weight excluding hydrogens is 368 g/mol. The maximum atomic E-state index is 12.1. The van der Waals surface area contributed by atoms with Crippen LogP contribution < -0.4 is 10.2 Å². The number of Topliss-reactive ketones (excluding diaryl/α,β-unsaturated/α-hetero) is 1. The van der Waals surface area contributed by atoms with Crippen LogP contribution in [0.4, 0.5) is 11.4 Å². The van der Waals surface area contributed by atoms with Crippen LogP contribution in [-0.4, -0.2) is 37.4 Å². The quantitative estimate of drug-likeness (QED) is 0.545. The first-order chi connectivity index (χ1) is 14.0. The van der Waals surface area contributed by atoms with Crippen molar-refractivity contribution in [1.82, 2.24) is 0 Å². The van der Waals surface area contributed by atoms with E-state index in [0.29, 0.717) is 11.3 Å². The molecule has 152 valence electrons. The zero-order valence-electron chi connectivity index (χ0n) is 16.6. The lowest BCUT2D eigenvalue weighted by Gasteiger charge is -2.17. The molecule has 1 saturated heterocycles. The first kappa shape index (κ1) is 20.6. The predicted molar refractivity (Wildman–Crippen MR) is 112 cm³/mol. The van der Waals surface area contributed by atoms with Crippen molar-refractivity contribution in [3.05, 3.63) is 59.7 Å². The molecule has 3 rings (SSSR count). The molecule has 0 unspecified atom stereocenters. The number of rotatable bonds is 8. The van der Waals surface area contributed by atoms with Crippen molar-refractivity contribution in [2.24, 2.45) is 0 Å². The van der Waals surface area contributed by atoms with Gasteiger partial charge >= 0.3 is 5.97 Å². The first-order valence-electron chi connectivity index (χ1n) is 9.91. The Bertz CT molecular complexity index is 853. The minimum absolute atomic E-state index is 0.0511. The molecule has 0 aliphatic carbocycles. The number of aryl methyl sites for hydroxylation is 1. The second kappa shape index (κ2) is 9.87. The van der Waals surface area contributed by atoms with E-state index in [1.165, 1.54) is 12.8 Å². The number of hydrogen-bond donors (Lipinski definition) is 1. The maximum Gasteiger partial charge on any atom is 0.306 e. The summed E-state index contributed by atoms with van der Waals surface area (Å²) >= 11 is 0. The summed E-state index contributed by atoms with van der Waals surface area (Å²) in [6, 6.07) is 14.8. The van der Waals surface area contributed by atoms with Gasteiger partial charge in [-0.25, -0.2) is 0 Å². The van der Waals surface area contributed by atoms with E-state index in [0.717, 1.165) is 24.3 Å². The minimum atomic E-state index is -0.565. The van der Waals surface area contributed by atoms with E-state index in [-0.39, 0.29) is 25.2 Å². The molecule has 1 aliphatic heterocycles. The Balaban J connectivity index is 1.37. The predicted octanol–water partition coefficient (Wildman–Crippen LogP) is 3.74. The van der Waals surface area contributed by atoms with Gasteiger partial charge in [-0.1, -0.05) is 29.8 Å². The summed E-state index contributed by atoms with van der Waals surface area (Å²) in [5.74, 6) is -1.09. The van der Waals surface area contributed by atoms with Gasteiger partial charge in [0.05, 0.1) is 6.42 Å². The number of ketones is 1. The van der Waals surface area contributed by atoms with Gasteiger partial charge in [0.2, 0.25) is 0 Å². The number of benzene rings is 2. The number of amides is 1. The fourth-order valence-corrected chi connectivity index (χ4v) is 3.25. The fourth-order valence-electron chi connectivity index (χ4n) is 3.25. The van der Waals surface area contributed by atoms with Crippen LogP contribution in [0.1, 0.15) is 41.6 Å². The maximum absolute atomic E-state index is 12.1. The number of anilines is 2. The minimum Gasteiger partial charge on any atom is -0.456 e. The van der Waals surface area contributed by atoms with Crippen LogP contribution in [0.2, 0.25) is 0 Å². The van der Waals surface area contributed by atoms with Crippen molar-refractivity contribution >= 4 is 29.0 Å². The van der Waals surface area contributed by atoms with E-state index in [9.17, 15) is 14.4 Å². The zero-order valence-corrected chi connectivity index (χ0v) is 16.6. The second-order valence-electron chi connectivity index (χ2n) is 7.24. The van der Waals surface area contributed by atoms with Gasteiger partial charge in [-0.15, -0.1) is 0 Å². The number of hydrogen-bond acceptors (Lipinski definition) is 5. The fraction of sp³-hybridized carbons (Fsp3) is 0.348. The number of nitrogens with zero attached hydrogens (tertiary/aromatic N) is 1. The standard InChI is InChI=1S/C23H26N2O4/c1-17-4-6-18(7-5-17)21(26)12-13-23(28)29-16-22(27)24-19-8-10-20(11-9-19)25-14-2-3-15-25/h4-11H,2-3,12-16H2,1H3,(H,24,27). The van der Waals surface area contributed by atoms with E-state index in [2.05, 4.69) is 10.2 Å². The summed E-state index contributed by atoms with van der Waals surface area (Å²) in [5, 5.41) is 2.71. The molecule has 0 atom stereocenters. The average molecular weight is 394 g/mol. The molecule has 2 aromatic rings. The van der Waals surface area contributed by atoms with Crippen molar-refractivity contribution in [3.63, 3.8) is 0 Å². The molecular formula is C23H26N2O4. The van der Waals surface area contributed by atoms with E-state index >= 15 is 0 Å². The van der Waals surface area contributed by atoms with Crippen LogP contribution in [0.25, 0.3) is 0 Å². The molecule has 0 saturated carbocycles. The van der Waals surface area contributed by atoms with Crippen LogP contribution in [0.5, 0.6) is 0 Å². The van der Waals surface area contributed by atoms with Crippen LogP contribution in [-0.2, 0) is 14.3 Å². The molecule has 2 aromatic carbocycles. The zero-order chi connectivity index (χ0) is 20.6. The Kier molecular flexibility index (Phi) is 7.00. The number of ether oxygens (including phenoxy) is 1. The third-order valence-electron chi connectivity index (χ3n) is 4.92. The topological polar surface area (TPSA) is 75.7 Å². The van der Waals surface area contributed by atoms with Crippen molar-refractivity contribution in [3.8, 4) is 0 Å². The molecule has 1 N–H and O–H groups in total. The molecule has 6 nitrogen and oxygen atoms in total. The van der Waals surface area contributed by atoms with Gasteiger partial charge in [0.25, 0.3) is 5.91 Å². The lowest BCUT2D eigenvalue weighted by molar-refractivity contribution is -0.147. The Labute approximate surface area is 170 Å². The van der Waals surface area contributed by atoms with E-state index in [1.807, 2.05) is 43.3 Å². The van der Waals surface area contributed by atoms with E-state index in [4.69, 9.17) is 4.74 Å². The number of carbonyl (C=O) groups excluding carboxylic acids is 3. The Morgan fingerprint density at radius 1 is 0.931 bits per heavy atom. The van der Waals surface area contributed by atoms with Crippen molar-refractivity contribution in [2.45, 2.75) is 32.6 Å². The molecule has 29 heavy (non-hydrogen) atoms. The van der Waals surface area contributed by atoms with Crippen LogP contribution in [0.15, 0.2) is 48.5 Å². The highest BCUT2D eigenvalue weighted by molar-refractivity contribution is 5.98. The third-order valence-corrected chi connectivity index (χ3v) is 4.92. The monoisotopic (exact) mass is 394 g/mol. The van der Waals surface area contributed by atoms with Crippen molar-refractivity contribution in [2.75, 3.05) is 29.9 Å². The number of carbonyl (C=O) groups is 3. The summed E-state index contributed by atoms with van der Waals surface area (Å²) in [6.45, 7) is 3.70. The number of esters is 1. The van der Waals surface area contributed by atoms with Crippen LogP contribution in [0.3, 0.4) is 0 Å². The van der Waals surface area contributed by atoms with Gasteiger partial charge in [0.15, 0.2) is 12.4 Å². The molecule has 0 bridgehead atoms. The normalized spacial score (nSPS) is 13.2. The molecule has 0 radical (unpaired) electrons. The molecule has 1 heterocycles. The van der Waals surface area contributed by atoms with Gasteiger partial charge < -0.3 is 15.0 Å². The van der Waals surface area contributed by atoms with Crippen LogP contribution in [0, 0.1) is 6.92 Å². The molecule has 1 aliphatic rings. The van der Waals surface area contributed by atoms with Gasteiger partial charge in [0.1, 0.15) is 0 Å². The van der Waals surface area contributed by atoms with E-state index < -0.39 is 11.9 Å². The summed E-state index contributed by atoms with van der Waals surface area (Å²) in [5.41, 5.74) is 3.44. The van der Waals surface area contributed by atoms with Gasteiger partial charge in [-0.05, 0) is 44.0 Å². The lowest BCUT2D eigenvalue weighted by Crippen LogP contribution is -2.21. The highest BCUT2D eigenvalue weighted by Crippen LogP contribution is 2.22. The molecule has 1 fully saturated rings. The Hall–Kier alpha value is -3.15. The largest absolute Gasteiger partial charge is 0.456 e. The highest BCUT2D eigenvalue weighted by atomic mass is 16.5. The Morgan fingerprint density at radius 3 is 2.24 bits per heavy atom. The summed E-state index contributed by atoms with van der Waals surface area (Å²) in [7, 11) is 0. The number of nitrogens with one attached hydrogen (secondary N) is 1. The third kappa shape index (κ3) is 6.17. The first-order valence-corrected chi connectivity index (χ1v) is 9.91. The molecule has 0 aromatic heterocycles. The average Bonchev–Trinajstić information content (AvgIpc) is 3.26. The summed E-state index contributed by atoms with van der Waals surface area (Å²) in [4.78, 5) is 38.2. The van der Waals surface area contributed by atoms with Gasteiger partial charge in [-0.3, -0.25) is 14.4 Å². The van der Waals surface area contributed by atoms with E-state index in [1.54, 1.807) is 12.1 Å². The second-order valence-corrected chi connectivity index (χ2v) is 7.24. The molecule has 0 spiro atoms. The highest BCUT2D eigenvalue weighted by Gasteiger charge is 2.14.